The standard InChI is InChI=1S/C11H7Br2N3O2S2/c12-9-5-8(10(13)19-9)20(17,18)16-11-6-3-1-2-4-7(6)14-15-11/h1-5H,(H2,14,15,16). The molecule has 5 nitrogen and oxygen atoms in total. The predicted octanol–water partition coefficient (Wildman–Crippen LogP) is 3.95. The molecule has 3 rings (SSSR count). The second-order valence-electron chi connectivity index (χ2n) is 3.91. The zero-order valence-electron chi connectivity index (χ0n) is 9.72. The Balaban J connectivity index is 2.04. The first kappa shape index (κ1) is 14.1. The molecule has 1 aromatic carbocycles. The minimum atomic E-state index is -3.68. The molecule has 3 aromatic rings. The molecule has 0 spiro atoms. The van der Waals surface area contributed by atoms with E-state index in [0.717, 1.165) is 14.7 Å². The summed E-state index contributed by atoms with van der Waals surface area (Å²) in [7, 11) is -3.68. The highest BCUT2D eigenvalue weighted by molar-refractivity contribution is 9.12. The van der Waals surface area contributed by atoms with Gasteiger partial charge in [-0.2, -0.15) is 5.10 Å². The Labute approximate surface area is 135 Å². The van der Waals surface area contributed by atoms with Crippen LogP contribution in [0.25, 0.3) is 10.9 Å². The second kappa shape index (κ2) is 5.14. The third-order valence-electron chi connectivity index (χ3n) is 2.62. The van der Waals surface area contributed by atoms with Crippen LogP contribution in [0.2, 0.25) is 0 Å². The summed E-state index contributed by atoms with van der Waals surface area (Å²) in [5.41, 5.74) is 0.774. The van der Waals surface area contributed by atoms with E-state index in [1.807, 2.05) is 18.2 Å². The Bertz CT molecular complexity index is 886. The molecular weight excluding hydrogens is 430 g/mol. The van der Waals surface area contributed by atoms with Gasteiger partial charge >= 0.3 is 0 Å². The number of benzene rings is 1. The monoisotopic (exact) mass is 435 g/mol. The SMILES string of the molecule is O=S(=O)(Nc1n[nH]c2ccccc12)c1cc(Br)sc1Br. The van der Waals surface area contributed by atoms with Crippen molar-refractivity contribution in [1.82, 2.24) is 10.2 Å². The largest absolute Gasteiger partial charge is 0.276 e. The molecule has 0 amide bonds. The van der Waals surface area contributed by atoms with Crippen LogP contribution in [0.5, 0.6) is 0 Å². The number of nitrogens with one attached hydrogen (secondary N) is 2. The molecule has 2 N–H and O–H groups in total. The van der Waals surface area contributed by atoms with Crippen LogP contribution >= 0.6 is 43.2 Å². The van der Waals surface area contributed by atoms with E-state index in [9.17, 15) is 8.42 Å². The van der Waals surface area contributed by atoms with E-state index in [4.69, 9.17) is 0 Å². The summed E-state index contributed by atoms with van der Waals surface area (Å²) in [6, 6.07) is 8.86. The number of H-pyrrole nitrogens is 1. The first-order chi connectivity index (χ1) is 9.47. The summed E-state index contributed by atoms with van der Waals surface area (Å²) in [4.78, 5) is 0.182. The summed E-state index contributed by atoms with van der Waals surface area (Å²) in [5, 5.41) is 7.51. The highest BCUT2D eigenvalue weighted by Gasteiger charge is 2.22. The van der Waals surface area contributed by atoms with Gasteiger partial charge in [0.1, 0.15) is 4.90 Å². The normalized spacial score (nSPS) is 11.9. The summed E-state index contributed by atoms with van der Waals surface area (Å²) in [6.45, 7) is 0. The third-order valence-corrected chi connectivity index (χ3v) is 6.71. The Kier molecular flexibility index (Phi) is 3.61. The van der Waals surface area contributed by atoms with Gasteiger partial charge < -0.3 is 0 Å². The summed E-state index contributed by atoms with van der Waals surface area (Å²) < 4.78 is 28.5. The summed E-state index contributed by atoms with van der Waals surface area (Å²) >= 11 is 7.81. The maximum Gasteiger partial charge on any atom is 0.265 e. The fourth-order valence-electron chi connectivity index (χ4n) is 1.73. The molecule has 0 aliphatic rings. The number of aromatic nitrogens is 2. The van der Waals surface area contributed by atoms with Gasteiger partial charge in [0.15, 0.2) is 5.82 Å². The molecule has 2 heterocycles. The number of sulfonamides is 1. The fraction of sp³-hybridized carbons (Fsp3) is 0. The first-order valence-electron chi connectivity index (χ1n) is 5.38. The minimum absolute atomic E-state index is 0.182. The van der Waals surface area contributed by atoms with Crippen LogP contribution in [0.4, 0.5) is 5.82 Å². The first-order valence-corrected chi connectivity index (χ1v) is 9.27. The van der Waals surface area contributed by atoms with Crippen LogP contribution in [-0.2, 0) is 10.0 Å². The molecule has 2 aromatic heterocycles. The minimum Gasteiger partial charge on any atom is -0.276 e. The van der Waals surface area contributed by atoms with Crippen LogP contribution in [0.3, 0.4) is 0 Å². The van der Waals surface area contributed by atoms with Gasteiger partial charge in [-0.1, -0.05) is 12.1 Å². The van der Waals surface area contributed by atoms with Crippen molar-refractivity contribution in [3.05, 3.63) is 37.9 Å². The molecule has 0 saturated heterocycles. The van der Waals surface area contributed by atoms with E-state index in [1.54, 1.807) is 12.1 Å². The van der Waals surface area contributed by atoms with Crippen LogP contribution in [0.1, 0.15) is 0 Å². The Morgan fingerprint density at radius 3 is 2.70 bits per heavy atom. The smallest absolute Gasteiger partial charge is 0.265 e. The lowest BCUT2D eigenvalue weighted by Crippen LogP contribution is -2.13. The van der Waals surface area contributed by atoms with Gasteiger partial charge in [0.25, 0.3) is 10.0 Å². The van der Waals surface area contributed by atoms with Gasteiger partial charge in [-0.25, -0.2) is 8.42 Å². The Hall–Kier alpha value is -0.900. The molecule has 20 heavy (non-hydrogen) atoms. The molecular formula is C11H7Br2N3O2S2. The van der Waals surface area contributed by atoms with Gasteiger partial charge in [-0.15, -0.1) is 11.3 Å². The molecule has 0 bridgehead atoms. The van der Waals surface area contributed by atoms with Crippen LogP contribution in [0.15, 0.2) is 42.8 Å². The highest BCUT2D eigenvalue weighted by atomic mass is 79.9. The van der Waals surface area contributed by atoms with E-state index < -0.39 is 10.0 Å². The van der Waals surface area contributed by atoms with Crippen molar-refractivity contribution in [1.29, 1.82) is 0 Å². The lowest BCUT2D eigenvalue weighted by molar-refractivity contribution is 0.601. The molecule has 0 saturated carbocycles. The fourth-order valence-corrected chi connectivity index (χ4v) is 6.57. The number of hydrogen-bond acceptors (Lipinski definition) is 4. The average Bonchev–Trinajstić information content (AvgIpc) is 2.94. The number of thiophene rings is 1. The van der Waals surface area contributed by atoms with E-state index >= 15 is 0 Å². The maximum absolute atomic E-state index is 12.4. The van der Waals surface area contributed by atoms with E-state index in [1.165, 1.54) is 11.3 Å². The topological polar surface area (TPSA) is 74.8 Å². The van der Waals surface area contributed by atoms with Gasteiger partial charge in [-0.3, -0.25) is 9.82 Å². The second-order valence-corrected chi connectivity index (χ2v) is 9.31. The number of hydrogen-bond donors (Lipinski definition) is 2. The summed E-state index contributed by atoms with van der Waals surface area (Å²) in [5.74, 6) is 0.287. The molecule has 9 heteroatoms. The molecule has 0 unspecified atom stereocenters. The van der Waals surface area contributed by atoms with E-state index in [0.29, 0.717) is 3.79 Å². The van der Waals surface area contributed by atoms with Gasteiger partial charge in [0.05, 0.1) is 13.1 Å². The van der Waals surface area contributed by atoms with Gasteiger partial charge in [0, 0.05) is 5.39 Å². The van der Waals surface area contributed by atoms with Crippen molar-refractivity contribution in [3.63, 3.8) is 0 Å². The lowest BCUT2D eigenvalue weighted by atomic mass is 10.2. The van der Waals surface area contributed by atoms with E-state index in [-0.39, 0.29) is 10.7 Å². The zero-order valence-corrected chi connectivity index (χ0v) is 14.5. The molecule has 0 radical (unpaired) electrons. The zero-order chi connectivity index (χ0) is 14.3. The molecule has 0 atom stereocenters. The third kappa shape index (κ3) is 2.50. The van der Waals surface area contributed by atoms with Crippen molar-refractivity contribution in [3.8, 4) is 0 Å². The number of anilines is 1. The van der Waals surface area contributed by atoms with Crippen molar-refractivity contribution in [2.24, 2.45) is 0 Å². The number of nitrogens with zero attached hydrogens (tertiary/aromatic N) is 1. The quantitative estimate of drug-likeness (QED) is 0.652. The number of rotatable bonds is 3. The van der Waals surface area contributed by atoms with Crippen molar-refractivity contribution < 1.29 is 8.42 Å². The highest BCUT2D eigenvalue weighted by Crippen LogP contribution is 2.36. The number of aromatic amines is 1. The van der Waals surface area contributed by atoms with Crippen LogP contribution < -0.4 is 4.72 Å². The Morgan fingerprint density at radius 1 is 1.25 bits per heavy atom. The van der Waals surface area contributed by atoms with Crippen molar-refractivity contribution >= 4 is 69.9 Å². The molecule has 0 fully saturated rings. The number of para-hydroxylation sites is 1. The lowest BCUT2D eigenvalue weighted by Gasteiger charge is -2.04. The van der Waals surface area contributed by atoms with E-state index in [2.05, 4.69) is 46.8 Å². The van der Waals surface area contributed by atoms with Gasteiger partial charge in [0.2, 0.25) is 0 Å². The number of fused-ring (bicyclic) bond motifs is 1. The maximum atomic E-state index is 12.4. The van der Waals surface area contributed by atoms with Crippen LogP contribution in [0, 0.1) is 0 Å². The average molecular weight is 437 g/mol. The van der Waals surface area contributed by atoms with Gasteiger partial charge in [-0.05, 0) is 50.1 Å². The molecule has 0 aliphatic carbocycles. The summed E-state index contributed by atoms with van der Waals surface area (Å²) in [6.07, 6.45) is 0. The predicted molar refractivity (Wildman–Crippen MR) is 86.6 cm³/mol. The van der Waals surface area contributed by atoms with Crippen molar-refractivity contribution in [2.45, 2.75) is 4.90 Å². The Morgan fingerprint density at radius 2 is 2.00 bits per heavy atom. The molecule has 0 aliphatic heterocycles. The molecule has 104 valence electrons. The van der Waals surface area contributed by atoms with Crippen LogP contribution in [-0.4, -0.2) is 18.6 Å². The number of halogens is 2. The van der Waals surface area contributed by atoms with Crippen molar-refractivity contribution in [2.75, 3.05) is 4.72 Å².